The zero-order valence-corrected chi connectivity index (χ0v) is 26.3. The number of alkyl halides is 1. The van der Waals surface area contributed by atoms with Crippen LogP contribution in [0, 0.1) is 24.2 Å². The molecule has 0 amide bonds. The van der Waals surface area contributed by atoms with E-state index in [0.29, 0.717) is 36.5 Å². The summed E-state index contributed by atoms with van der Waals surface area (Å²) >= 11 is 12.5. The van der Waals surface area contributed by atoms with Gasteiger partial charge >= 0.3 is 5.97 Å². The number of carbonyl (C=O) groups is 2. The molecule has 0 aliphatic heterocycles. The minimum Gasteiger partial charge on any atom is -0.489 e. The SMILES string of the molecule is COC(=O)c1cc(C#N)cc(COc2cc(OCC3(OCCCCl)C=CC=C(c4ccccc4C)C3C)c(Cl)cc2C=O)c1. The number of nitriles is 1. The molecule has 0 heterocycles. The summed E-state index contributed by atoms with van der Waals surface area (Å²) in [5.41, 5.74) is 3.84. The Morgan fingerprint density at radius 1 is 1.11 bits per heavy atom. The number of benzene rings is 3. The van der Waals surface area contributed by atoms with Crippen LogP contribution in [0.3, 0.4) is 0 Å². The van der Waals surface area contributed by atoms with E-state index in [1.54, 1.807) is 18.2 Å². The topological polar surface area (TPSA) is 94.9 Å². The highest BCUT2D eigenvalue weighted by atomic mass is 35.5. The fraction of sp³-hybridized carbons (Fsp3) is 0.286. The van der Waals surface area contributed by atoms with Gasteiger partial charge in [0.1, 0.15) is 30.3 Å². The molecule has 0 radical (unpaired) electrons. The third-order valence-corrected chi connectivity index (χ3v) is 8.10. The maximum absolute atomic E-state index is 12.1. The van der Waals surface area contributed by atoms with Crippen LogP contribution in [0.25, 0.3) is 5.57 Å². The van der Waals surface area contributed by atoms with Crippen molar-refractivity contribution in [2.75, 3.05) is 26.2 Å². The predicted octanol–water partition coefficient (Wildman–Crippen LogP) is 7.75. The van der Waals surface area contributed by atoms with Gasteiger partial charge < -0.3 is 18.9 Å². The van der Waals surface area contributed by atoms with Crippen molar-refractivity contribution in [2.45, 2.75) is 32.5 Å². The fourth-order valence-corrected chi connectivity index (χ4v) is 5.43. The number of rotatable bonds is 13. The van der Waals surface area contributed by atoms with E-state index in [2.05, 4.69) is 32.1 Å². The first-order valence-electron chi connectivity index (χ1n) is 14.1. The lowest BCUT2D eigenvalue weighted by Crippen LogP contribution is -2.45. The van der Waals surface area contributed by atoms with Crippen LogP contribution in [0.4, 0.5) is 0 Å². The molecule has 3 aromatic carbocycles. The maximum atomic E-state index is 12.1. The summed E-state index contributed by atoms with van der Waals surface area (Å²) in [5.74, 6) is 0.345. The number of allylic oxidation sites excluding steroid dienone is 2. The number of aldehydes is 1. The van der Waals surface area contributed by atoms with E-state index in [-0.39, 0.29) is 46.6 Å². The van der Waals surface area contributed by atoms with Crippen LogP contribution in [0.5, 0.6) is 11.5 Å². The fourth-order valence-electron chi connectivity index (χ4n) is 5.10. The molecule has 7 nitrogen and oxygen atoms in total. The van der Waals surface area contributed by atoms with Gasteiger partial charge in [-0.1, -0.05) is 54.9 Å². The molecule has 2 atom stereocenters. The molecule has 2 unspecified atom stereocenters. The van der Waals surface area contributed by atoms with E-state index >= 15 is 0 Å². The quantitative estimate of drug-likeness (QED) is 0.0821. The smallest absolute Gasteiger partial charge is 0.337 e. The lowest BCUT2D eigenvalue weighted by atomic mass is 9.76. The Morgan fingerprint density at radius 2 is 1.91 bits per heavy atom. The van der Waals surface area contributed by atoms with Gasteiger partial charge in [0.05, 0.1) is 34.9 Å². The highest BCUT2D eigenvalue weighted by Crippen LogP contribution is 2.41. The first-order chi connectivity index (χ1) is 21.2. The molecule has 0 saturated carbocycles. The van der Waals surface area contributed by atoms with Crippen molar-refractivity contribution in [3.05, 3.63) is 111 Å². The maximum Gasteiger partial charge on any atom is 0.337 e. The van der Waals surface area contributed by atoms with Crippen LogP contribution in [-0.2, 0) is 16.1 Å². The molecule has 3 aromatic rings. The summed E-state index contributed by atoms with van der Waals surface area (Å²) in [5, 5.41) is 9.63. The third-order valence-electron chi connectivity index (χ3n) is 7.54. The van der Waals surface area contributed by atoms with Crippen LogP contribution >= 0.6 is 23.2 Å². The zero-order valence-electron chi connectivity index (χ0n) is 24.8. The predicted molar refractivity (Wildman–Crippen MR) is 171 cm³/mol. The number of halogens is 2. The first kappa shape index (κ1) is 32.8. The van der Waals surface area contributed by atoms with Crippen LogP contribution in [-0.4, -0.2) is 44.1 Å². The highest BCUT2D eigenvalue weighted by molar-refractivity contribution is 6.32. The molecule has 0 aromatic heterocycles. The summed E-state index contributed by atoms with van der Waals surface area (Å²) < 4.78 is 23.6. The highest BCUT2D eigenvalue weighted by Gasteiger charge is 2.40. The van der Waals surface area contributed by atoms with E-state index < -0.39 is 11.6 Å². The molecule has 0 spiro atoms. The van der Waals surface area contributed by atoms with E-state index in [1.807, 2.05) is 30.4 Å². The summed E-state index contributed by atoms with van der Waals surface area (Å²) in [6.45, 7) is 4.72. The van der Waals surface area contributed by atoms with Gasteiger partial charge in [0.15, 0.2) is 6.29 Å². The Bertz CT molecular complexity index is 1630. The molecule has 228 valence electrons. The van der Waals surface area contributed by atoms with Gasteiger partial charge in [-0.05, 0) is 65.9 Å². The van der Waals surface area contributed by atoms with Gasteiger partial charge in [0.2, 0.25) is 0 Å². The van der Waals surface area contributed by atoms with Crippen molar-refractivity contribution in [1.82, 2.24) is 0 Å². The van der Waals surface area contributed by atoms with E-state index in [4.69, 9.17) is 42.1 Å². The number of ether oxygens (including phenoxy) is 4. The molecular formula is C35H33Cl2NO6. The van der Waals surface area contributed by atoms with Gasteiger partial charge in [-0.25, -0.2) is 4.79 Å². The van der Waals surface area contributed by atoms with Crippen molar-refractivity contribution < 1.29 is 28.5 Å². The molecule has 0 bridgehead atoms. The van der Waals surface area contributed by atoms with E-state index in [9.17, 15) is 14.9 Å². The normalized spacial score (nSPS) is 17.4. The number of esters is 1. The second-order valence-corrected chi connectivity index (χ2v) is 11.2. The number of hydrogen-bond acceptors (Lipinski definition) is 7. The lowest BCUT2D eigenvalue weighted by Gasteiger charge is -2.40. The molecular weight excluding hydrogens is 601 g/mol. The van der Waals surface area contributed by atoms with Crippen molar-refractivity contribution >= 4 is 41.0 Å². The molecule has 9 heteroatoms. The van der Waals surface area contributed by atoms with E-state index in [1.165, 1.54) is 19.2 Å². The third kappa shape index (κ3) is 7.51. The minimum atomic E-state index is -0.825. The van der Waals surface area contributed by atoms with Gasteiger partial charge in [0.25, 0.3) is 0 Å². The zero-order chi connectivity index (χ0) is 31.7. The molecule has 1 aliphatic carbocycles. The number of nitrogens with zero attached hydrogens (tertiary/aromatic N) is 1. The summed E-state index contributed by atoms with van der Waals surface area (Å²) in [7, 11) is 1.26. The molecule has 0 fully saturated rings. The van der Waals surface area contributed by atoms with Crippen molar-refractivity contribution in [2.24, 2.45) is 5.92 Å². The molecule has 0 N–H and O–H groups in total. The Balaban J connectivity index is 1.60. The van der Waals surface area contributed by atoms with Crippen LogP contribution in [0.15, 0.2) is 72.8 Å². The standard InChI is InChI=1S/C35H33Cl2NO6/c1-23-8-4-5-9-29(23)30-10-6-11-35(24(30)2,44-13-7-12-36)22-43-33-18-32(28(20-39)17-31(33)37)42-21-26-14-25(19-38)15-27(16-26)34(40)41-3/h4-6,8-11,14-18,20,24H,7,12-13,21-22H2,1-3H3. The Morgan fingerprint density at radius 3 is 2.61 bits per heavy atom. The van der Waals surface area contributed by atoms with Crippen LogP contribution in [0.1, 0.15) is 56.3 Å². The minimum absolute atomic E-state index is 0.0305. The Kier molecular flexibility index (Phi) is 11.2. The summed E-state index contributed by atoms with van der Waals surface area (Å²) in [4.78, 5) is 24.0. The Labute approximate surface area is 267 Å². The molecule has 1 aliphatic rings. The second-order valence-electron chi connectivity index (χ2n) is 10.4. The average molecular weight is 635 g/mol. The average Bonchev–Trinajstić information content (AvgIpc) is 3.04. The monoisotopic (exact) mass is 633 g/mol. The molecule has 0 saturated heterocycles. The van der Waals surface area contributed by atoms with Crippen molar-refractivity contribution in [3.63, 3.8) is 0 Å². The van der Waals surface area contributed by atoms with E-state index in [0.717, 1.165) is 16.7 Å². The van der Waals surface area contributed by atoms with Crippen LogP contribution in [0.2, 0.25) is 5.02 Å². The van der Waals surface area contributed by atoms with Gasteiger partial charge in [-0.3, -0.25) is 4.79 Å². The first-order valence-corrected chi connectivity index (χ1v) is 15.0. The van der Waals surface area contributed by atoms with Gasteiger partial charge in [-0.2, -0.15) is 5.26 Å². The summed E-state index contributed by atoms with van der Waals surface area (Å²) in [6, 6.07) is 17.9. The van der Waals surface area contributed by atoms with Crippen LogP contribution < -0.4 is 9.47 Å². The van der Waals surface area contributed by atoms with Gasteiger partial charge in [-0.15, -0.1) is 11.6 Å². The van der Waals surface area contributed by atoms with Crippen molar-refractivity contribution in [1.29, 1.82) is 5.26 Å². The largest absolute Gasteiger partial charge is 0.489 e. The molecule has 4 rings (SSSR count). The lowest BCUT2D eigenvalue weighted by molar-refractivity contribution is -0.0591. The number of carbonyl (C=O) groups excluding carboxylic acids is 2. The van der Waals surface area contributed by atoms with Gasteiger partial charge in [0, 0.05) is 24.5 Å². The number of methoxy groups -OCH3 is 1. The Hall–Kier alpha value is -4.09. The molecule has 44 heavy (non-hydrogen) atoms. The van der Waals surface area contributed by atoms with Crippen molar-refractivity contribution in [3.8, 4) is 17.6 Å². The summed E-state index contributed by atoms with van der Waals surface area (Å²) in [6.07, 6.45) is 7.39. The number of hydrogen-bond donors (Lipinski definition) is 0. The number of aryl methyl sites for hydroxylation is 1. The second kappa shape index (κ2) is 15.1.